The predicted octanol–water partition coefficient (Wildman–Crippen LogP) is 4.33. The molecule has 1 fully saturated rings. The summed E-state index contributed by atoms with van der Waals surface area (Å²) in [6.45, 7) is 7.71. The highest BCUT2D eigenvalue weighted by Gasteiger charge is 2.31. The van der Waals surface area contributed by atoms with Crippen LogP contribution in [0.1, 0.15) is 51.3 Å². The molecule has 1 aromatic heterocycles. The summed E-state index contributed by atoms with van der Waals surface area (Å²) >= 11 is 0. The van der Waals surface area contributed by atoms with E-state index in [0.29, 0.717) is 43.6 Å². The Morgan fingerprint density at radius 1 is 1.23 bits per heavy atom. The van der Waals surface area contributed by atoms with Crippen molar-refractivity contribution in [3.63, 3.8) is 0 Å². The minimum Gasteiger partial charge on any atom is -0.383 e. The number of imidazole rings is 1. The zero-order valence-corrected chi connectivity index (χ0v) is 20.4. The number of carbonyl (C=O) groups excluding carboxylic acids is 1. The van der Waals surface area contributed by atoms with Crippen molar-refractivity contribution in [2.45, 2.75) is 51.6 Å². The van der Waals surface area contributed by atoms with Gasteiger partial charge in [-0.1, -0.05) is 6.58 Å². The Hall–Kier alpha value is -3.50. The number of aliphatic imine (C=N–C) groups is 1. The number of hydrogen-bond acceptors (Lipinski definition) is 6. The number of nitrogens with zero attached hydrogens (tertiary/aromatic N) is 4. The maximum absolute atomic E-state index is 14.4. The van der Waals surface area contributed by atoms with Gasteiger partial charge < -0.3 is 21.3 Å². The van der Waals surface area contributed by atoms with Gasteiger partial charge in [-0.15, -0.1) is 0 Å². The predicted molar refractivity (Wildman–Crippen MR) is 131 cm³/mol. The van der Waals surface area contributed by atoms with Gasteiger partial charge in [0.2, 0.25) is 11.9 Å². The maximum atomic E-state index is 14.4. The second-order valence-electron chi connectivity index (χ2n) is 9.19. The third kappa shape index (κ3) is 6.14. The second-order valence-corrected chi connectivity index (χ2v) is 9.19. The molecule has 35 heavy (non-hydrogen) atoms. The van der Waals surface area contributed by atoms with Gasteiger partial charge in [-0.2, -0.15) is 0 Å². The molecule has 8 nitrogen and oxygen atoms in total. The van der Waals surface area contributed by atoms with E-state index in [0.717, 1.165) is 0 Å². The fourth-order valence-corrected chi connectivity index (χ4v) is 4.24. The first-order valence-corrected chi connectivity index (χ1v) is 11.5. The quantitative estimate of drug-likeness (QED) is 0.477. The van der Waals surface area contributed by atoms with Crippen LogP contribution >= 0.6 is 0 Å². The lowest BCUT2D eigenvalue weighted by molar-refractivity contribution is -0.134. The van der Waals surface area contributed by atoms with Crippen LogP contribution in [0.25, 0.3) is 0 Å². The topological polar surface area (TPSA) is 101 Å². The average Bonchev–Trinajstić information content (AvgIpc) is 3.08. The summed E-state index contributed by atoms with van der Waals surface area (Å²) in [6.07, 6.45) is 3.93. The largest absolute Gasteiger partial charge is 0.383 e. The third-order valence-electron chi connectivity index (χ3n) is 5.87. The number of benzene rings is 1. The molecule has 1 aliphatic rings. The van der Waals surface area contributed by atoms with Crippen LogP contribution < -0.4 is 16.4 Å². The van der Waals surface area contributed by atoms with Crippen molar-refractivity contribution in [1.29, 1.82) is 0 Å². The van der Waals surface area contributed by atoms with Crippen LogP contribution in [-0.2, 0) is 4.79 Å². The highest BCUT2D eigenvalue weighted by molar-refractivity contribution is 5.85. The molecule has 1 amide bonds. The molecule has 190 valence electrons. The van der Waals surface area contributed by atoms with E-state index in [1.165, 1.54) is 6.21 Å². The number of hydrogen-bond donors (Lipinski definition) is 3. The van der Waals surface area contributed by atoms with Gasteiger partial charge in [0.25, 0.3) is 0 Å². The van der Waals surface area contributed by atoms with Gasteiger partial charge >= 0.3 is 0 Å². The second kappa shape index (κ2) is 10.8. The van der Waals surface area contributed by atoms with E-state index in [1.807, 2.05) is 13.8 Å². The fraction of sp³-hybridized carbons (Fsp3) is 0.458. The highest BCUT2D eigenvalue weighted by atomic mass is 19.1. The first-order valence-electron chi connectivity index (χ1n) is 11.5. The van der Waals surface area contributed by atoms with Crippen molar-refractivity contribution in [3.05, 3.63) is 47.7 Å². The number of carbonyl (C=O) groups is 1. The van der Waals surface area contributed by atoms with Crippen molar-refractivity contribution in [2.24, 2.45) is 10.9 Å². The number of amides is 1. The van der Waals surface area contributed by atoms with Gasteiger partial charge in [0.05, 0.1) is 6.21 Å². The number of halogens is 3. The highest BCUT2D eigenvalue weighted by Crippen LogP contribution is 2.38. The third-order valence-corrected chi connectivity index (χ3v) is 5.87. The minimum absolute atomic E-state index is 0.0693. The molecule has 11 heteroatoms. The molecule has 1 heterocycles. The van der Waals surface area contributed by atoms with Crippen LogP contribution in [0, 0.1) is 23.4 Å². The minimum atomic E-state index is -1.10. The molecule has 2 aromatic rings. The van der Waals surface area contributed by atoms with Gasteiger partial charge in [0.1, 0.15) is 28.8 Å². The number of nitrogen functional groups attached to an aromatic ring is 1. The van der Waals surface area contributed by atoms with Gasteiger partial charge in [-0.05, 0) is 39.5 Å². The van der Waals surface area contributed by atoms with Crippen LogP contribution in [0.4, 0.5) is 30.6 Å². The van der Waals surface area contributed by atoms with E-state index in [2.05, 4.69) is 27.2 Å². The molecule has 3 rings (SSSR count). The molecule has 0 aliphatic heterocycles. The molecule has 1 saturated carbocycles. The number of nitrogens with two attached hydrogens (primary N) is 1. The van der Waals surface area contributed by atoms with E-state index >= 15 is 0 Å². The van der Waals surface area contributed by atoms with Gasteiger partial charge in [0, 0.05) is 44.2 Å². The Morgan fingerprint density at radius 2 is 1.83 bits per heavy atom. The zero-order chi connectivity index (χ0) is 25.9. The Morgan fingerprint density at radius 3 is 2.37 bits per heavy atom. The Labute approximate surface area is 203 Å². The Balaban J connectivity index is 1.95. The number of aromatic nitrogens is 2. The summed E-state index contributed by atoms with van der Waals surface area (Å²) in [5, 5.41) is 5.69. The normalized spacial score (nSPS) is 18.2. The molecule has 0 bridgehead atoms. The van der Waals surface area contributed by atoms with E-state index in [1.54, 1.807) is 23.6 Å². The standard InChI is InChI=1S/C24H32F3N7O/c1-13(2)30-14(3)29-12-20-22(28)34(17-8-6-15(7-9-17)23(35)33(4)5)24(31-20)32-21-18(26)10-16(25)11-19(21)27/h10-13,15,17,30H,3,6-9,28H2,1-2,4-5H3,(H,31,32). The van der Waals surface area contributed by atoms with Crippen LogP contribution in [0.15, 0.2) is 29.5 Å². The molecule has 0 saturated heterocycles. The summed E-state index contributed by atoms with van der Waals surface area (Å²) in [5.41, 5.74) is 6.16. The fourth-order valence-electron chi connectivity index (χ4n) is 4.24. The van der Waals surface area contributed by atoms with Crippen molar-refractivity contribution in [3.8, 4) is 0 Å². The smallest absolute Gasteiger partial charge is 0.225 e. The monoisotopic (exact) mass is 491 g/mol. The van der Waals surface area contributed by atoms with Crippen LogP contribution in [0.3, 0.4) is 0 Å². The molecular weight excluding hydrogens is 459 g/mol. The molecule has 0 atom stereocenters. The van der Waals surface area contributed by atoms with E-state index < -0.39 is 23.1 Å². The zero-order valence-electron chi connectivity index (χ0n) is 20.4. The molecule has 1 aromatic carbocycles. The molecule has 0 radical (unpaired) electrons. The van der Waals surface area contributed by atoms with Crippen LogP contribution in [-0.4, -0.2) is 46.7 Å². The van der Waals surface area contributed by atoms with Crippen LogP contribution in [0.2, 0.25) is 0 Å². The SMILES string of the molecule is C=C(N=Cc1nc(Nc2c(F)cc(F)cc2F)n(C2CCC(C(=O)N(C)C)CC2)c1N)NC(C)C. The molecule has 0 spiro atoms. The summed E-state index contributed by atoms with van der Waals surface area (Å²) < 4.78 is 43.8. The maximum Gasteiger partial charge on any atom is 0.225 e. The first-order chi connectivity index (χ1) is 16.5. The van der Waals surface area contributed by atoms with Gasteiger partial charge in [0.15, 0.2) is 11.6 Å². The lowest BCUT2D eigenvalue weighted by Gasteiger charge is -2.31. The van der Waals surface area contributed by atoms with Gasteiger partial charge in [-0.25, -0.2) is 23.1 Å². The summed E-state index contributed by atoms with van der Waals surface area (Å²) in [6, 6.07) is 1.13. The first kappa shape index (κ1) is 26.1. The van der Waals surface area contributed by atoms with Crippen molar-refractivity contribution in [2.75, 3.05) is 25.1 Å². The molecule has 1 aliphatic carbocycles. The van der Waals surface area contributed by atoms with E-state index in [4.69, 9.17) is 5.73 Å². The lowest BCUT2D eigenvalue weighted by atomic mass is 9.85. The average molecular weight is 492 g/mol. The number of anilines is 3. The Bertz CT molecular complexity index is 1100. The molecular formula is C24H32F3N7O. The van der Waals surface area contributed by atoms with E-state index in [-0.39, 0.29) is 41.4 Å². The van der Waals surface area contributed by atoms with E-state index in [9.17, 15) is 18.0 Å². The summed E-state index contributed by atoms with van der Waals surface area (Å²) in [5.74, 6) is -2.50. The van der Waals surface area contributed by atoms with Crippen molar-refractivity contribution >= 4 is 29.6 Å². The molecule has 0 unspecified atom stereocenters. The Kier molecular flexibility index (Phi) is 8.08. The summed E-state index contributed by atoms with van der Waals surface area (Å²) in [7, 11) is 3.45. The van der Waals surface area contributed by atoms with Gasteiger partial charge in [-0.3, -0.25) is 9.36 Å². The van der Waals surface area contributed by atoms with Crippen LogP contribution in [0.5, 0.6) is 0 Å². The molecule has 4 N–H and O–H groups in total. The lowest BCUT2D eigenvalue weighted by Crippen LogP contribution is -2.33. The number of rotatable bonds is 8. The van der Waals surface area contributed by atoms with Crippen molar-refractivity contribution in [1.82, 2.24) is 19.8 Å². The number of nitrogens with one attached hydrogen (secondary N) is 2. The summed E-state index contributed by atoms with van der Waals surface area (Å²) in [4.78, 5) is 22.6. The van der Waals surface area contributed by atoms with Crippen molar-refractivity contribution < 1.29 is 18.0 Å².